The molecule has 1 aromatic carbocycles. The molecule has 0 aliphatic carbocycles. The molecule has 1 aliphatic rings. The van der Waals surface area contributed by atoms with E-state index >= 15 is 0 Å². The number of benzene rings is 1. The van der Waals surface area contributed by atoms with Crippen LogP contribution in [0.1, 0.15) is 32.3 Å². The van der Waals surface area contributed by atoms with E-state index in [4.69, 9.17) is 14.6 Å². The summed E-state index contributed by atoms with van der Waals surface area (Å²) in [6.07, 6.45) is 8.90. The zero-order valence-corrected chi connectivity index (χ0v) is 14.4. The van der Waals surface area contributed by atoms with Crippen molar-refractivity contribution in [3.63, 3.8) is 0 Å². The highest BCUT2D eigenvalue weighted by atomic mass is 16.5. The second-order valence-corrected chi connectivity index (χ2v) is 5.84. The van der Waals surface area contributed by atoms with Gasteiger partial charge in [-0.15, -0.1) is 0 Å². The summed E-state index contributed by atoms with van der Waals surface area (Å²) in [7, 11) is 1.64. The van der Waals surface area contributed by atoms with Gasteiger partial charge in [0, 0.05) is 11.5 Å². The molecule has 0 radical (unpaired) electrons. The smallest absolute Gasteiger partial charge is 0.307 e. The summed E-state index contributed by atoms with van der Waals surface area (Å²) in [6, 6.07) is 5.80. The third kappa shape index (κ3) is 4.75. The molecule has 1 atom stereocenters. The summed E-state index contributed by atoms with van der Waals surface area (Å²) in [4.78, 5) is 10.7. The molecule has 128 valence electrons. The highest BCUT2D eigenvalue weighted by molar-refractivity contribution is 5.79. The minimum absolute atomic E-state index is 0.0281. The van der Waals surface area contributed by atoms with E-state index in [-0.39, 0.29) is 6.42 Å². The normalized spacial score (nSPS) is 17.7. The second kappa shape index (κ2) is 8.39. The summed E-state index contributed by atoms with van der Waals surface area (Å²) in [5.41, 5.74) is 2.98. The van der Waals surface area contributed by atoms with Crippen LogP contribution in [0.5, 0.6) is 11.5 Å². The first-order valence-electron chi connectivity index (χ1n) is 8.13. The predicted octanol–water partition coefficient (Wildman–Crippen LogP) is 4.47. The molecule has 4 nitrogen and oxygen atoms in total. The maximum atomic E-state index is 10.7. The Labute approximate surface area is 143 Å². The summed E-state index contributed by atoms with van der Waals surface area (Å²) in [5, 5.41) is 8.76. The van der Waals surface area contributed by atoms with Crippen molar-refractivity contribution < 1.29 is 19.4 Å². The van der Waals surface area contributed by atoms with Gasteiger partial charge in [0.1, 0.15) is 11.5 Å². The minimum Gasteiger partial charge on any atom is -0.497 e. The van der Waals surface area contributed by atoms with Crippen LogP contribution in [0.25, 0.3) is 5.57 Å². The van der Waals surface area contributed by atoms with Gasteiger partial charge in [0.2, 0.25) is 0 Å². The zero-order valence-electron chi connectivity index (χ0n) is 14.4. The number of hydrogen-bond acceptors (Lipinski definition) is 3. The van der Waals surface area contributed by atoms with Crippen molar-refractivity contribution in [1.82, 2.24) is 0 Å². The third-order valence-corrected chi connectivity index (χ3v) is 4.01. The Kier molecular flexibility index (Phi) is 6.24. The van der Waals surface area contributed by atoms with Crippen LogP contribution in [0.2, 0.25) is 0 Å². The number of carboxylic acids is 1. The number of carboxylic acid groups (broad SMARTS) is 1. The van der Waals surface area contributed by atoms with Gasteiger partial charge in [-0.25, -0.2) is 0 Å². The topological polar surface area (TPSA) is 55.8 Å². The Morgan fingerprint density at radius 2 is 2.25 bits per heavy atom. The largest absolute Gasteiger partial charge is 0.497 e. The lowest BCUT2D eigenvalue weighted by Gasteiger charge is -2.11. The van der Waals surface area contributed by atoms with Crippen molar-refractivity contribution in [3.05, 3.63) is 53.6 Å². The molecule has 1 aliphatic heterocycles. The van der Waals surface area contributed by atoms with Crippen LogP contribution in [0, 0.1) is 5.92 Å². The maximum Gasteiger partial charge on any atom is 0.307 e. The summed E-state index contributed by atoms with van der Waals surface area (Å²) in [5.74, 6) is 1.14. The molecule has 0 bridgehead atoms. The van der Waals surface area contributed by atoms with Crippen molar-refractivity contribution in [3.8, 4) is 11.5 Å². The molecule has 2 rings (SSSR count). The maximum absolute atomic E-state index is 10.7. The van der Waals surface area contributed by atoms with Crippen LogP contribution in [0.3, 0.4) is 0 Å². The average molecular weight is 328 g/mol. The standard InChI is InChI=1S/C20H24O4/c1-4-15-11-16(7-5-14(2)6-10-20(21)22)18-12-17(23-3)8-9-19(18)24-13-15/h5-9,11-12,15H,4,10,13H2,1-3H3,(H,21,22)/b7-5+,14-6?. The van der Waals surface area contributed by atoms with Crippen molar-refractivity contribution in [2.45, 2.75) is 26.7 Å². The molecule has 0 aromatic heterocycles. The molecule has 0 fully saturated rings. The lowest BCUT2D eigenvalue weighted by molar-refractivity contribution is -0.136. The number of ether oxygens (including phenoxy) is 2. The fourth-order valence-corrected chi connectivity index (χ4v) is 2.49. The Balaban J connectivity index is 2.35. The SMILES string of the molecule is CCC1C=C(/C=C/C(C)=CCC(=O)O)c2cc(OC)ccc2OC1. The quantitative estimate of drug-likeness (QED) is 0.783. The number of allylic oxidation sites excluding steroid dienone is 4. The van der Waals surface area contributed by atoms with Crippen molar-refractivity contribution >= 4 is 11.5 Å². The highest BCUT2D eigenvalue weighted by Crippen LogP contribution is 2.35. The van der Waals surface area contributed by atoms with Crippen LogP contribution < -0.4 is 9.47 Å². The fraction of sp³-hybridized carbons (Fsp3) is 0.350. The first kappa shape index (κ1) is 17.9. The number of rotatable bonds is 6. The predicted molar refractivity (Wildman–Crippen MR) is 95.4 cm³/mol. The fourth-order valence-electron chi connectivity index (χ4n) is 2.49. The molecule has 4 heteroatoms. The van der Waals surface area contributed by atoms with Crippen LogP contribution in [0.4, 0.5) is 0 Å². The molecule has 0 amide bonds. The van der Waals surface area contributed by atoms with Crippen molar-refractivity contribution in [2.75, 3.05) is 13.7 Å². The van der Waals surface area contributed by atoms with E-state index < -0.39 is 5.97 Å². The van der Waals surface area contributed by atoms with E-state index in [1.54, 1.807) is 13.2 Å². The molecule has 1 heterocycles. The lowest BCUT2D eigenvalue weighted by Crippen LogP contribution is -2.07. The molecule has 0 spiro atoms. The Morgan fingerprint density at radius 3 is 2.92 bits per heavy atom. The first-order chi connectivity index (χ1) is 11.5. The lowest BCUT2D eigenvalue weighted by atomic mass is 9.98. The van der Waals surface area contributed by atoms with Crippen LogP contribution >= 0.6 is 0 Å². The minimum atomic E-state index is -0.828. The van der Waals surface area contributed by atoms with E-state index in [2.05, 4.69) is 13.0 Å². The highest BCUT2D eigenvalue weighted by Gasteiger charge is 2.16. The Morgan fingerprint density at radius 1 is 1.46 bits per heavy atom. The van der Waals surface area contributed by atoms with E-state index in [1.807, 2.05) is 37.3 Å². The molecule has 24 heavy (non-hydrogen) atoms. The molecule has 1 N–H and O–H groups in total. The molecule has 1 aromatic rings. The van der Waals surface area contributed by atoms with Gasteiger partial charge in [0.25, 0.3) is 0 Å². The van der Waals surface area contributed by atoms with Gasteiger partial charge in [-0.05, 0) is 37.1 Å². The Hall–Kier alpha value is -2.49. The van der Waals surface area contributed by atoms with E-state index in [0.717, 1.165) is 34.6 Å². The van der Waals surface area contributed by atoms with Gasteiger partial charge in [0.05, 0.1) is 20.1 Å². The first-order valence-corrected chi connectivity index (χ1v) is 8.13. The van der Waals surface area contributed by atoms with E-state index in [9.17, 15) is 4.79 Å². The van der Waals surface area contributed by atoms with Crippen LogP contribution in [-0.4, -0.2) is 24.8 Å². The van der Waals surface area contributed by atoms with Gasteiger partial charge < -0.3 is 14.6 Å². The number of aliphatic carboxylic acids is 1. The summed E-state index contributed by atoms with van der Waals surface area (Å²) < 4.78 is 11.3. The molecule has 0 saturated heterocycles. The number of methoxy groups -OCH3 is 1. The number of fused-ring (bicyclic) bond motifs is 1. The molecular formula is C20H24O4. The van der Waals surface area contributed by atoms with Crippen molar-refractivity contribution in [2.24, 2.45) is 5.92 Å². The number of carbonyl (C=O) groups is 1. The Bertz CT molecular complexity index is 683. The van der Waals surface area contributed by atoms with Crippen molar-refractivity contribution in [1.29, 1.82) is 0 Å². The van der Waals surface area contributed by atoms with Gasteiger partial charge in [-0.3, -0.25) is 4.79 Å². The second-order valence-electron chi connectivity index (χ2n) is 5.84. The van der Waals surface area contributed by atoms with Gasteiger partial charge in [0.15, 0.2) is 0 Å². The van der Waals surface area contributed by atoms with E-state index in [0.29, 0.717) is 12.5 Å². The van der Waals surface area contributed by atoms with Gasteiger partial charge in [-0.2, -0.15) is 0 Å². The van der Waals surface area contributed by atoms with E-state index in [1.165, 1.54) is 0 Å². The average Bonchev–Trinajstić information content (AvgIpc) is 2.76. The summed E-state index contributed by atoms with van der Waals surface area (Å²) in [6.45, 7) is 4.69. The van der Waals surface area contributed by atoms with Crippen LogP contribution in [-0.2, 0) is 4.79 Å². The zero-order chi connectivity index (χ0) is 17.5. The van der Waals surface area contributed by atoms with Gasteiger partial charge >= 0.3 is 5.97 Å². The van der Waals surface area contributed by atoms with Crippen LogP contribution in [0.15, 0.2) is 48.1 Å². The molecule has 0 saturated carbocycles. The number of hydrogen-bond donors (Lipinski definition) is 1. The third-order valence-electron chi connectivity index (χ3n) is 4.01. The molecular weight excluding hydrogens is 304 g/mol. The van der Waals surface area contributed by atoms with Gasteiger partial charge in [-0.1, -0.05) is 36.8 Å². The summed E-state index contributed by atoms with van der Waals surface area (Å²) >= 11 is 0. The molecule has 1 unspecified atom stereocenters. The monoisotopic (exact) mass is 328 g/mol.